The maximum Gasteiger partial charge on any atom is 0.191 e. The molecule has 1 heterocycles. The molecule has 0 bridgehead atoms. The van der Waals surface area contributed by atoms with Gasteiger partial charge in [0.25, 0.3) is 0 Å². The number of nitrogens with zero attached hydrogens (tertiary/aromatic N) is 1. The number of nitrogens with one attached hydrogen (secondary N) is 2. The Balaban J connectivity index is 0.00000220. The van der Waals surface area contributed by atoms with E-state index in [4.69, 9.17) is 0 Å². The van der Waals surface area contributed by atoms with Gasteiger partial charge < -0.3 is 15.7 Å². The van der Waals surface area contributed by atoms with Gasteiger partial charge in [0.05, 0.1) is 0 Å². The molecule has 0 saturated carbocycles. The first-order chi connectivity index (χ1) is 9.74. The van der Waals surface area contributed by atoms with Crippen LogP contribution in [0.2, 0.25) is 0 Å². The molecule has 0 radical (unpaired) electrons. The second kappa shape index (κ2) is 9.22. The summed E-state index contributed by atoms with van der Waals surface area (Å²) in [6, 6.07) is 10.2. The van der Waals surface area contributed by atoms with E-state index in [9.17, 15) is 5.11 Å². The maximum absolute atomic E-state index is 10.3. The number of thiophene rings is 1. The topological polar surface area (TPSA) is 56.7 Å². The lowest BCUT2D eigenvalue weighted by Crippen LogP contribution is -2.39. The fraction of sp³-hybridized carbons (Fsp3) is 0.400. The van der Waals surface area contributed by atoms with Crippen LogP contribution >= 0.6 is 35.3 Å². The molecule has 3 N–H and O–H groups in total. The van der Waals surface area contributed by atoms with Crippen molar-refractivity contribution < 1.29 is 5.11 Å². The van der Waals surface area contributed by atoms with Crippen LogP contribution in [0.5, 0.6) is 0 Å². The van der Waals surface area contributed by atoms with Gasteiger partial charge in [0.1, 0.15) is 6.10 Å². The zero-order chi connectivity index (χ0) is 14.4. The molecule has 0 aliphatic rings. The molecule has 4 nitrogen and oxygen atoms in total. The van der Waals surface area contributed by atoms with E-state index in [0.717, 1.165) is 23.8 Å². The number of aliphatic imine (C=N–C) groups is 1. The van der Waals surface area contributed by atoms with Gasteiger partial charge in [-0.3, -0.25) is 4.99 Å². The van der Waals surface area contributed by atoms with Gasteiger partial charge in [-0.15, -0.1) is 35.3 Å². The minimum absolute atomic E-state index is 0. The average Bonchev–Trinajstić information content (AvgIpc) is 2.91. The number of aliphatic hydroxyl groups is 1. The van der Waals surface area contributed by atoms with E-state index >= 15 is 0 Å². The first-order valence-corrected chi connectivity index (χ1v) is 7.67. The van der Waals surface area contributed by atoms with Crippen LogP contribution in [-0.4, -0.2) is 31.2 Å². The summed E-state index contributed by atoms with van der Waals surface area (Å²) in [5.41, 5.74) is 0. The highest BCUT2D eigenvalue weighted by molar-refractivity contribution is 14.0. The van der Waals surface area contributed by atoms with Crippen molar-refractivity contribution in [3.8, 4) is 0 Å². The fourth-order valence-electron chi connectivity index (χ4n) is 1.92. The Kier molecular flexibility index (Phi) is 7.98. The number of guanidine groups is 1. The molecular formula is C15H22IN3OS. The van der Waals surface area contributed by atoms with Crippen LogP contribution in [0.25, 0.3) is 10.1 Å². The third-order valence-electron chi connectivity index (χ3n) is 3.00. The molecule has 1 aromatic carbocycles. The molecule has 21 heavy (non-hydrogen) atoms. The molecule has 0 saturated heterocycles. The molecule has 2 rings (SSSR count). The molecule has 0 aliphatic heterocycles. The number of hydrogen-bond donors (Lipinski definition) is 3. The number of halogens is 1. The molecule has 1 atom stereocenters. The lowest BCUT2D eigenvalue weighted by atomic mass is 10.2. The number of hydrogen-bond acceptors (Lipinski definition) is 3. The van der Waals surface area contributed by atoms with Crippen molar-refractivity contribution in [3.63, 3.8) is 0 Å². The lowest BCUT2D eigenvalue weighted by molar-refractivity contribution is 0.184. The van der Waals surface area contributed by atoms with E-state index in [-0.39, 0.29) is 24.0 Å². The largest absolute Gasteiger partial charge is 0.386 e. The third-order valence-corrected chi connectivity index (χ3v) is 4.22. The van der Waals surface area contributed by atoms with Crippen LogP contribution < -0.4 is 10.6 Å². The minimum atomic E-state index is -0.521. The van der Waals surface area contributed by atoms with E-state index in [1.54, 1.807) is 18.4 Å². The third kappa shape index (κ3) is 5.12. The van der Waals surface area contributed by atoms with E-state index in [2.05, 4.69) is 40.7 Å². The second-order valence-corrected chi connectivity index (χ2v) is 5.70. The molecule has 2 aromatic rings. The van der Waals surface area contributed by atoms with Gasteiger partial charge in [-0.25, -0.2) is 0 Å². The van der Waals surface area contributed by atoms with Crippen molar-refractivity contribution in [1.29, 1.82) is 0 Å². The van der Waals surface area contributed by atoms with Crippen molar-refractivity contribution in [2.45, 2.75) is 19.4 Å². The van der Waals surface area contributed by atoms with E-state index in [1.807, 2.05) is 12.1 Å². The van der Waals surface area contributed by atoms with Gasteiger partial charge in [0.15, 0.2) is 5.96 Å². The van der Waals surface area contributed by atoms with Crippen molar-refractivity contribution in [2.24, 2.45) is 4.99 Å². The minimum Gasteiger partial charge on any atom is -0.386 e. The summed E-state index contributed by atoms with van der Waals surface area (Å²) in [6.45, 7) is 3.43. The number of fused-ring (bicyclic) bond motifs is 1. The van der Waals surface area contributed by atoms with Gasteiger partial charge >= 0.3 is 0 Å². The maximum atomic E-state index is 10.3. The lowest BCUT2D eigenvalue weighted by Gasteiger charge is -2.14. The van der Waals surface area contributed by atoms with Gasteiger partial charge in [-0.1, -0.05) is 25.1 Å². The summed E-state index contributed by atoms with van der Waals surface area (Å²) < 4.78 is 1.20. The molecule has 6 heteroatoms. The van der Waals surface area contributed by atoms with Crippen LogP contribution in [-0.2, 0) is 0 Å². The number of rotatable bonds is 5. The Morgan fingerprint density at radius 1 is 1.33 bits per heavy atom. The summed E-state index contributed by atoms with van der Waals surface area (Å²) in [5.74, 6) is 0.729. The van der Waals surface area contributed by atoms with Crippen molar-refractivity contribution >= 4 is 51.4 Å². The Bertz CT molecular complexity index is 552. The Morgan fingerprint density at radius 3 is 2.76 bits per heavy atom. The highest BCUT2D eigenvalue weighted by atomic mass is 127. The highest BCUT2D eigenvalue weighted by Crippen LogP contribution is 2.29. The second-order valence-electron chi connectivity index (χ2n) is 4.58. The number of benzene rings is 1. The van der Waals surface area contributed by atoms with E-state index in [0.29, 0.717) is 6.54 Å². The molecule has 0 spiro atoms. The first kappa shape index (κ1) is 18.2. The zero-order valence-electron chi connectivity index (χ0n) is 12.3. The molecule has 0 fully saturated rings. The fourth-order valence-corrected chi connectivity index (χ4v) is 2.98. The first-order valence-electron chi connectivity index (χ1n) is 6.85. The quantitative estimate of drug-likeness (QED) is 0.397. The molecule has 1 unspecified atom stereocenters. The molecular weight excluding hydrogens is 397 g/mol. The average molecular weight is 419 g/mol. The standard InChI is InChI=1S/C15H21N3OS.HI/c1-3-8-17-15(16-2)18-10-12(19)14-9-11-6-4-5-7-13(11)20-14;/h4-7,9,12,19H,3,8,10H2,1-2H3,(H2,16,17,18);1H. The molecule has 0 amide bonds. The Labute approximate surface area is 146 Å². The normalized spacial score (nSPS) is 12.8. The van der Waals surface area contributed by atoms with Crippen molar-refractivity contribution in [1.82, 2.24) is 10.6 Å². The zero-order valence-corrected chi connectivity index (χ0v) is 15.4. The predicted molar refractivity (Wildman–Crippen MR) is 102 cm³/mol. The van der Waals surface area contributed by atoms with E-state index < -0.39 is 6.10 Å². The van der Waals surface area contributed by atoms with Crippen LogP contribution in [0.1, 0.15) is 24.3 Å². The molecule has 116 valence electrons. The summed E-state index contributed by atoms with van der Waals surface area (Å²) in [5, 5.41) is 17.8. The van der Waals surface area contributed by atoms with Gasteiger partial charge in [-0.2, -0.15) is 0 Å². The SMILES string of the molecule is CCCNC(=NC)NCC(O)c1cc2ccccc2s1.I. The molecule has 1 aromatic heterocycles. The van der Waals surface area contributed by atoms with Crippen LogP contribution in [0.15, 0.2) is 35.3 Å². The van der Waals surface area contributed by atoms with Gasteiger partial charge in [-0.05, 0) is 23.9 Å². The Morgan fingerprint density at radius 2 is 2.10 bits per heavy atom. The van der Waals surface area contributed by atoms with Gasteiger partial charge in [0.2, 0.25) is 0 Å². The van der Waals surface area contributed by atoms with Crippen molar-refractivity contribution in [2.75, 3.05) is 20.1 Å². The van der Waals surface area contributed by atoms with Crippen LogP contribution in [0, 0.1) is 0 Å². The van der Waals surface area contributed by atoms with Crippen molar-refractivity contribution in [3.05, 3.63) is 35.2 Å². The highest BCUT2D eigenvalue weighted by Gasteiger charge is 2.11. The monoisotopic (exact) mass is 419 g/mol. The summed E-state index contributed by atoms with van der Waals surface area (Å²) in [6.07, 6.45) is 0.520. The van der Waals surface area contributed by atoms with E-state index in [1.165, 1.54) is 10.1 Å². The number of aliphatic hydroxyl groups excluding tert-OH is 1. The summed E-state index contributed by atoms with van der Waals surface area (Å²) >= 11 is 1.63. The molecule has 0 aliphatic carbocycles. The van der Waals surface area contributed by atoms with Gasteiger partial charge in [0, 0.05) is 29.7 Å². The van der Waals surface area contributed by atoms with Crippen LogP contribution in [0.4, 0.5) is 0 Å². The smallest absolute Gasteiger partial charge is 0.191 e. The Hall–Kier alpha value is -0.860. The summed E-state index contributed by atoms with van der Waals surface area (Å²) in [4.78, 5) is 5.10. The summed E-state index contributed by atoms with van der Waals surface area (Å²) in [7, 11) is 1.73. The predicted octanol–water partition coefficient (Wildman–Crippen LogP) is 3.13. The van der Waals surface area contributed by atoms with Crippen LogP contribution in [0.3, 0.4) is 0 Å².